The number of aromatic amines is 1. The van der Waals surface area contributed by atoms with Crippen LogP contribution in [0, 0.1) is 0 Å². The Balaban J connectivity index is 1.45. The zero-order valence-electron chi connectivity index (χ0n) is 20.8. The number of aliphatic hydroxyl groups excluding tert-OH is 3. The lowest BCUT2D eigenvalue weighted by molar-refractivity contribution is -0.265. The lowest BCUT2D eigenvalue weighted by atomic mass is 9.98. The molecule has 0 bridgehead atoms. The first-order chi connectivity index (χ1) is 17.4. The average molecular weight is 505 g/mol. The van der Waals surface area contributed by atoms with E-state index in [1.165, 1.54) is 0 Å². The zero-order valence-corrected chi connectivity index (χ0v) is 20.8. The number of benzene rings is 1. The molecule has 5 unspecified atom stereocenters. The second-order valence-corrected chi connectivity index (χ2v) is 9.72. The minimum atomic E-state index is -1.92. The van der Waals surface area contributed by atoms with Gasteiger partial charge in [-0.25, -0.2) is 4.39 Å². The normalized spacial score (nSPS) is 27.7. The minimum absolute atomic E-state index is 0.125. The summed E-state index contributed by atoms with van der Waals surface area (Å²) in [7, 11) is 0. The number of nitrogens with zero attached hydrogens (tertiary/aromatic N) is 2. The van der Waals surface area contributed by atoms with Gasteiger partial charge in [-0.05, 0) is 17.0 Å². The van der Waals surface area contributed by atoms with E-state index in [-0.39, 0.29) is 11.8 Å². The van der Waals surface area contributed by atoms with E-state index in [1.807, 2.05) is 13.8 Å². The molecule has 10 heteroatoms. The van der Waals surface area contributed by atoms with Gasteiger partial charge in [-0.15, -0.1) is 5.10 Å². The van der Waals surface area contributed by atoms with Crippen molar-refractivity contribution >= 4 is 6.08 Å². The third-order valence-electron chi connectivity index (χ3n) is 6.71. The number of hydrogen-bond acceptors (Lipinski definition) is 8. The van der Waals surface area contributed by atoms with E-state index in [2.05, 4.69) is 56.8 Å². The van der Waals surface area contributed by atoms with Gasteiger partial charge in [0.2, 0.25) is 12.2 Å². The van der Waals surface area contributed by atoms with Crippen LogP contribution in [0.4, 0.5) is 4.39 Å². The summed E-state index contributed by atoms with van der Waals surface area (Å²) in [6.45, 7) is 8.53. The smallest absolute Gasteiger partial charge is 0.238 e. The summed E-state index contributed by atoms with van der Waals surface area (Å²) in [6, 6.07) is 8.24. The highest BCUT2D eigenvalue weighted by Gasteiger charge is 2.46. The van der Waals surface area contributed by atoms with E-state index in [9.17, 15) is 19.7 Å². The maximum atomic E-state index is 14.1. The molecule has 1 aromatic heterocycles. The number of aliphatic hydroxyl groups is 3. The van der Waals surface area contributed by atoms with Gasteiger partial charge in [0.1, 0.15) is 18.3 Å². The lowest BCUT2D eigenvalue weighted by Crippen LogP contribution is -2.58. The molecule has 0 spiro atoms. The quantitative estimate of drug-likeness (QED) is 0.345. The van der Waals surface area contributed by atoms with Gasteiger partial charge < -0.3 is 30.1 Å². The predicted octanol–water partition coefficient (Wildman–Crippen LogP) is 1.20. The van der Waals surface area contributed by atoms with Crippen molar-refractivity contribution in [3.8, 4) is 5.88 Å². The predicted molar refractivity (Wildman–Crippen MR) is 134 cm³/mol. The number of hydrogen-bond donors (Lipinski definition) is 5. The molecule has 2 fully saturated rings. The Hall–Kier alpha value is -2.34. The third kappa shape index (κ3) is 6.31. The number of halogens is 1. The first-order valence-electron chi connectivity index (χ1n) is 12.6. The molecule has 5 atom stereocenters. The van der Waals surface area contributed by atoms with Gasteiger partial charge in [0.25, 0.3) is 0 Å². The molecule has 36 heavy (non-hydrogen) atoms. The molecular weight excluding hydrogens is 467 g/mol. The van der Waals surface area contributed by atoms with Crippen molar-refractivity contribution in [2.24, 2.45) is 0 Å². The number of ether oxygens (including phenoxy) is 2. The maximum Gasteiger partial charge on any atom is 0.238 e. The van der Waals surface area contributed by atoms with Crippen molar-refractivity contribution in [3.63, 3.8) is 0 Å². The fourth-order valence-electron chi connectivity index (χ4n) is 4.54. The molecule has 3 heterocycles. The Bertz CT molecular complexity index is 991. The van der Waals surface area contributed by atoms with Gasteiger partial charge in [0.05, 0.1) is 6.61 Å². The van der Waals surface area contributed by atoms with Crippen LogP contribution in [-0.2, 0) is 11.2 Å². The molecule has 0 radical (unpaired) electrons. The molecule has 2 saturated heterocycles. The van der Waals surface area contributed by atoms with E-state index in [0.29, 0.717) is 6.42 Å². The SMILES string of the molecule is CC(C)c1[nH]nc(OC2OC(CO)C(F)C(O)C2O)c1Cc1ccc(/C=C/CN2CCNCC2)cc1. The molecule has 2 aliphatic rings. The zero-order chi connectivity index (χ0) is 25.7. The van der Waals surface area contributed by atoms with Crippen molar-refractivity contribution in [1.29, 1.82) is 0 Å². The highest BCUT2D eigenvalue weighted by molar-refractivity contribution is 5.50. The van der Waals surface area contributed by atoms with Gasteiger partial charge in [0.15, 0.2) is 6.17 Å². The average Bonchev–Trinajstić information content (AvgIpc) is 3.28. The van der Waals surface area contributed by atoms with Crippen LogP contribution >= 0.6 is 0 Å². The van der Waals surface area contributed by atoms with Crippen LogP contribution in [0.2, 0.25) is 0 Å². The fraction of sp³-hybridized carbons (Fsp3) is 0.577. The van der Waals surface area contributed by atoms with Crippen LogP contribution in [0.5, 0.6) is 5.88 Å². The minimum Gasteiger partial charge on any atom is -0.443 e. The lowest BCUT2D eigenvalue weighted by Gasteiger charge is -2.38. The van der Waals surface area contributed by atoms with Gasteiger partial charge in [-0.3, -0.25) is 10.00 Å². The maximum absolute atomic E-state index is 14.1. The van der Waals surface area contributed by atoms with Crippen molar-refractivity contribution in [1.82, 2.24) is 20.4 Å². The second kappa shape index (κ2) is 12.3. The standard InChI is InChI=1S/C26H37FN4O5/c1-16(2)22-19(25(30-29-22)36-26-24(34)23(33)21(27)20(15-32)35-26)14-18-7-5-17(6-8-18)4-3-11-31-12-9-28-10-13-31/h3-8,16,20-21,23-24,26,28,32-34H,9-15H2,1-2H3,(H,29,30)/b4-3+. The van der Waals surface area contributed by atoms with Crippen molar-refractivity contribution in [2.75, 3.05) is 39.3 Å². The monoisotopic (exact) mass is 504 g/mol. The van der Waals surface area contributed by atoms with Crippen molar-refractivity contribution in [2.45, 2.75) is 57.0 Å². The Morgan fingerprint density at radius 2 is 1.92 bits per heavy atom. The summed E-state index contributed by atoms with van der Waals surface area (Å²) < 4.78 is 25.3. The van der Waals surface area contributed by atoms with Crippen LogP contribution in [0.1, 0.15) is 42.1 Å². The summed E-state index contributed by atoms with van der Waals surface area (Å²) in [6.07, 6.45) is -3.11. The molecular formula is C26H37FN4O5. The van der Waals surface area contributed by atoms with Crippen LogP contribution in [0.3, 0.4) is 0 Å². The first kappa shape index (κ1) is 26.7. The number of piperazine rings is 1. The fourth-order valence-corrected chi connectivity index (χ4v) is 4.54. The second-order valence-electron chi connectivity index (χ2n) is 9.72. The third-order valence-corrected chi connectivity index (χ3v) is 6.71. The summed E-state index contributed by atoms with van der Waals surface area (Å²) in [4.78, 5) is 2.41. The number of H-pyrrole nitrogens is 1. The highest BCUT2D eigenvalue weighted by Crippen LogP contribution is 2.31. The topological polar surface area (TPSA) is 123 Å². The molecule has 0 aliphatic carbocycles. The van der Waals surface area contributed by atoms with Gasteiger partial charge in [-0.2, -0.15) is 0 Å². The van der Waals surface area contributed by atoms with Gasteiger partial charge in [-0.1, -0.05) is 50.3 Å². The number of aromatic nitrogens is 2. The highest BCUT2D eigenvalue weighted by atomic mass is 19.1. The van der Waals surface area contributed by atoms with E-state index in [4.69, 9.17) is 9.47 Å². The molecule has 4 rings (SSSR count). The summed E-state index contributed by atoms with van der Waals surface area (Å²) in [5, 5.41) is 40.3. The molecule has 198 valence electrons. The molecule has 5 N–H and O–H groups in total. The molecule has 2 aromatic rings. The number of rotatable bonds is 9. The van der Waals surface area contributed by atoms with Crippen molar-refractivity contribution < 1.29 is 29.2 Å². The summed E-state index contributed by atoms with van der Waals surface area (Å²) in [5.74, 6) is 0.337. The van der Waals surface area contributed by atoms with Crippen molar-refractivity contribution in [3.05, 3.63) is 52.7 Å². The molecule has 2 aliphatic heterocycles. The van der Waals surface area contributed by atoms with Crippen LogP contribution in [0.25, 0.3) is 6.08 Å². The number of alkyl halides is 1. The Morgan fingerprint density at radius 3 is 2.58 bits per heavy atom. The number of nitrogens with one attached hydrogen (secondary N) is 2. The van der Waals surface area contributed by atoms with Crippen LogP contribution < -0.4 is 10.1 Å². The van der Waals surface area contributed by atoms with E-state index in [0.717, 1.165) is 55.1 Å². The molecule has 9 nitrogen and oxygen atoms in total. The Kier molecular flexibility index (Phi) is 9.10. The molecule has 1 aromatic carbocycles. The summed E-state index contributed by atoms with van der Waals surface area (Å²) in [5.41, 5.74) is 3.83. The first-order valence-corrected chi connectivity index (χ1v) is 12.6. The largest absolute Gasteiger partial charge is 0.443 e. The van der Waals surface area contributed by atoms with Crippen LogP contribution in [0.15, 0.2) is 30.3 Å². The van der Waals surface area contributed by atoms with Gasteiger partial charge in [0, 0.05) is 50.4 Å². The Labute approximate surface area is 210 Å². The van der Waals surface area contributed by atoms with E-state index < -0.39 is 37.4 Å². The summed E-state index contributed by atoms with van der Waals surface area (Å²) >= 11 is 0. The molecule has 0 saturated carbocycles. The molecule has 0 amide bonds. The Morgan fingerprint density at radius 1 is 1.19 bits per heavy atom. The van der Waals surface area contributed by atoms with Crippen LogP contribution in [-0.4, -0.2) is 101 Å². The van der Waals surface area contributed by atoms with E-state index >= 15 is 0 Å². The van der Waals surface area contributed by atoms with Gasteiger partial charge >= 0.3 is 0 Å². The van der Waals surface area contributed by atoms with E-state index in [1.54, 1.807) is 0 Å².